The van der Waals surface area contributed by atoms with E-state index in [1.807, 2.05) is 11.7 Å². The first-order valence-electron chi connectivity index (χ1n) is 7.11. The van der Waals surface area contributed by atoms with E-state index in [9.17, 15) is 0 Å². The van der Waals surface area contributed by atoms with Crippen molar-refractivity contribution < 1.29 is 0 Å². The minimum Gasteiger partial charge on any atom is -0.310 e. The van der Waals surface area contributed by atoms with E-state index in [2.05, 4.69) is 47.8 Å². The Balaban J connectivity index is 1.76. The molecule has 1 heterocycles. The molecule has 1 aliphatic carbocycles. The molecule has 0 radical (unpaired) electrons. The third kappa shape index (κ3) is 2.87. The smallest absolute Gasteiger partial charge is 0.0700 e. The lowest BCUT2D eigenvalue weighted by Gasteiger charge is -2.05. The lowest BCUT2D eigenvalue weighted by molar-refractivity contribution is 0.688. The number of aryl methyl sites for hydroxylation is 2. The zero-order chi connectivity index (χ0) is 13.2. The number of nitrogens with one attached hydrogen (secondary N) is 1. The third-order valence-electron chi connectivity index (χ3n) is 3.68. The summed E-state index contributed by atoms with van der Waals surface area (Å²) in [5.41, 5.74) is 5.05. The van der Waals surface area contributed by atoms with E-state index < -0.39 is 0 Å². The van der Waals surface area contributed by atoms with Gasteiger partial charge in [0.05, 0.1) is 5.69 Å². The Morgan fingerprint density at radius 3 is 2.63 bits per heavy atom. The largest absolute Gasteiger partial charge is 0.310 e. The molecule has 1 aromatic carbocycles. The fourth-order valence-corrected chi connectivity index (χ4v) is 2.39. The number of rotatable bonds is 5. The van der Waals surface area contributed by atoms with Gasteiger partial charge in [-0.2, -0.15) is 5.10 Å². The molecule has 1 aromatic heterocycles. The van der Waals surface area contributed by atoms with Crippen LogP contribution in [0, 0.1) is 0 Å². The number of hydrogen-bond donors (Lipinski definition) is 1. The topological polar surface area (TPSA) is 29.9 Å². The standard InChI is InChI=1S/C16H21N3/c1-3-16-15(11-19(2)18-16)13-6-4-12(5-7-13)10-17-14-8-9-14/h4-7,11,14,17H,3,8-10H2,1-2H3. The summed E-state index contributed by atoms with van der Waals surface area (Å²) in [5, 5.41) is 8.04. The summed E-state index contributed by atoms with van der Waals surface area (Å²) in [6, 6.07) is 9.62. The zero-order valence-corrected chi connectivity index (χ0v) is 11.7. The number of benzene rings is 1. The van der Waals surface area contributed by atoms with E-state index in [4.69, 9.17) is 0 Å². The molecule has 0 atom stereocenters. The number of hydrogen-bond acceptors (Lipinski definition) is 2. The first-order chi connectivity index (χ1) is 9.26. The molecule has 100 valence electrons. The zero-order valence-electron chi connectivity index (χ0n) is 11.7. The van der Waals surface area contributed by atoms with Gasteiger partial charge in [0.15, 0.2) is 0 Å². The first-order valence-corrected chi connectivity index (χ1v) is 7.11. The third-order valence-corrected chi connectivity index (χ3v) is 3.68. The van der Waals surface area contributed by atoms with Crippen LogP contribution in [0.15, 0.2) is 30.5 Å². The fourth-order valence-electron chi connectivity index (χ4n) is 2.39. The van der Waals surface area contributed by atoms with Gasteiger partial charge in [0.1, 0.15) is 0 Å². The summed E-state index contributed by atoms with van der Waals surface area (Å²) >= 11 is 0. The van der Waals surface area contributed by atoms with Crippen LogP contribution in [-0.2, 0) is 20.0 Å². The lowest BCUT2D eigenvalue weighted by atomic mass is 10.0. The highest BCUT2D eigenvalue weighted by Gasteiger charge is 2.19. The normalized spacial score (nSPS) is 14.8. The highest BCUT2D eigenvalue weighted by molar-refractivity contribution is 5.65. The molecular formula is C16H21N3. The Morgan fingerprint density at radius 2 is 2.00 bits per heavy atom. The Labute approximate surface area is 114 Å². The summed E-state index contributed by atoms with van der Waals surface area (Å²) in [7, 11) is 1.98. The highest BCUT2D eigenvalue weighted by Crippen LogP contribution is 2.24. The summed E-state index contributed by atoms with van der Waals surface area (Å²) in [4.78, 5) is 0. The van der Waals surface area contributed by atoms with Crippen molar-refractivity contribution in [2.75, 3.05) is 0 Å². The maximum Gasteiger partial charge on any atom is 0.0700 e. The molecule has 0 aliphatic heterocycles. The monoisotopic (exact) mass is 255 g/mol. The molecule has 3 nitrogen and oxygen atoms in total. The van der Waals surface area contributed by atoms with E-state index in [0.29, 0.717) is 0 Å². The van der Waals surface area contributed by atoms with Crippen LogP contribution < -0.4 is 5.32 Å². The molecular weight excluding hydrogens is 234 g/mol. The van der Waals surface area contributed by atoms with Gasteiger partial charge in [-0.1, -0.05) is 31.2 Å². The van der Waals surface area contributed by atoms with Crippen molar-refractivity contribution in [3.8, 4) is 11.1 Å². The number of nitrogens with zero attached hydrogens (tertiary/aromatic N) is 2. The fraction of sp³-hybridized carbons (Fsp3) is 0.438. The molecule has 1 N–H and O–H groups in total. The summed E-state index contributed by atoms with van der Waals surface area (Å²) in [6.45, 7) is 3.14. The predicted octanol–water partition coefficient (Wildman–Crippen LogP) is 2.90. The molecule has 19 heavy (non-hydrogen) atoms. The molecule has 3 rings (SSSR count). The second-order valence-electron chi connectivity index (χ2n) is 5.37. The first kappa shape index (κ1) is 12.4. The average Bonchev–Trinajstić information content (AvgIpc) is 3.18. The van der Waals surface area contributed by atoms with Crippen molar-refractivity contribution in [3.63, 3.8) is 0 Å². The van der Waals surface area contributed by atoms with Crippen molar-refractivity contribution in [3.05, 3.63) is 41.7 Å². The Bertz CT molecular complexity index is 550. The quantitative estimate of drug-likeness (QED) is 0.890. The second-order valence-corrected chi connectivity index (χ2v) is 5.37. The van der Waals surface area contributed by atoms with Gasteiger partial charge < -0.3 is 5.32 Å². The maximum absolute atomic E-state index is 4.50. The molecule has 0 bridgehead atoms. The predicted molar refractivity (Wildman–Crippen MR) is 77.9 cm³/mol. The minimum atomic E-state index is 0.768. The summed E-state index contributed by atoms with van der Waals surface area (Å²) in [5.74, 6) is 0. The lowest BCUT2D eigenvalue weighted by Crippen LogP contribution is -2.14. The molecule has 0 unspecified atom stereocenters. The highest BCUT2D eigenvalue weighted by atomic mass is 15.2. The van der Waals surface area contributed by atoms with Gasteiger partial charge in [0.25, 0.3) is 0 Å². The maximum atomic E-state index is 4.50. The van der Waals surface area contributed by atoms with Gasteiger partial charge in [-0.3, -0.25) is 4.68 Å². The molecule has 0 saturated heterocycles. The molecule has 3 heteroatoms. The molecule has 1 saturated carbocycles. The van der Waals surface area contributed by atoms with E-state index >= 15 is 0 Å². The van der Waals surface area contributed by atoms with Gasteiger partial charge in [0.2, 0.25) is 0 Å². The van der Waals surface area contributed by atoms with E-state index in [-0.39, 0.29) is 0 Å². The molecule has 1 aliphatic rings. The van der Waals surface area contributed by atoms with Crippen molar-refractivity contribution in [2.24, 2.45) is 7.05 Å². The van der Waals surface area contributed by atoms with Gasteiger partial charge in [-0.15, -0.1) is 0 Å². The van der Waals surface area contributed by atoms with Crippen molar-refractivity contribution in [1.29, 1.82) is 0 Å². The van der Waals surface area contributed by atoms with Crippen LogP contribution in [0.25, 0.3) is 11.1 Å². The average molecular weight is 255 g/mol. The van der Waals surface area contributed by atoms with E-state index in [1.54, 1.807) is 0 Å². The molecule has 2 aromatic rings. The van der Waals surface area contributed by atoms with E-state index in [0.717, 1.165) is 19.0 Å². The van der Waals surface area contributed by atoms with Gasteiger partial charge in [-0.25, -0.2) is 0 Å². The van der Waals surface area contributed by atoms with Gasteiger partial charge in [0, 0.05) is 31.4 Å². The SMILES string of the molecule is CCc1nn(C)cc1-c1ccc(CNC2CC2)cc1. The molecule has 1 fully saturated rings. The second kappa shape index (κ2) is 5.17. The Hall–Kier alpha value is -1.61. The molecule has 0 spiro atoms. The summed E-state index contributed by atoms with van der Waals surface area (Å²) < 4.78 is 1.90. The Morgan fingerprint density at radius 1 is 1.26 bits per heavy atom. The van der Waals surface area contributed by atoms with Crippen LogP contribution in [-0.4, -0.2) is 15.8 Å². The minimum absolute atomic E-state index is 0.768. The van der Waals surface area contributed by atoms with Crippen LogP contribution in [0.2, 0.25) is 0 Å². The van der Waals surface area contributed by atoms with Gasteiger partial charge in [-0.05, 0) is 30.4 Å². The van der Waals surface area contributed by atoms with Crippen molar-refractivity contribution in [1.82, 2.24) is 15.1 Å². The van der Waals surface area contributed by atoms with Crippen LogP contribution in [0.1, 0.15) is 31.0 Å². The van der Waals surface area contributed by atoms with E-state index in [1.165, 1.54) is 35.2 Å². The van der Waals surface area contributed by atoms with Crippen LogP contribution in [0.4, 0.5) is 0 Å². The molecule has 0 amide bonds. The summed E-state index contributed by atoms with van der Waals surface area (Å²) in [6.07, 6.45) is 5.76. The van der Waals surface area contributed by atoms with Gasteiger partial charge >= 0.3 is 0 Å². The van der Waals surface area contributed by atoms with Crippen LogP contribution >= 0.6 is 0 Å². The number of aromatic nitrogens is 2. The Kier molecular flexibility index (Phi) is 3.38. The van der Waals surface area contributed by atoms with Crippen molar-refractivity contribution in [2.45, 2.75) is 38.8 Å². The van der Waals surface area contributed by atoms with Crippen molar-refractivity contribution >= 4 is 0 Å². The van der Waals surface area contributed by atoms with Crippen LogP contribution in [0.3, 0.4) is 0 Å². The van der Waals surface area contributed by atoms with Crippen LogP contribution in [0.5, 0.6) is 0 Å².